The first kappa shape index (κ1) is 14.9. The quantitative estimate of drug-likeness (QED) is 0.817. The van der Waals surface area contributed by atoms with Crippen LogP contribution in [0.4, 0.5) is 14.5 Å². The molecule has 2 aromatic rings. The zero-order valence-corrected chi connectivity index (χ0v) is 11.8. The number of halogens is 4. The van der Waals surface area contributed by atoms with Crippen molar-refractivity contribution >= 4 is 28.9 Å². The van der Waals surface area contributed by atoms with Gasteiger partial charge in [-0.2, -0.15) is 8.78 Å². The topological polar surface area (TPSA) is 21.3 Å². The fourth-order valence-corrected chi connectivity index (χ4v) is 1.96. The maximum atomic E-state index is 12.1. The maximum absolute atomic E-state index is 12.1. The minimum absolute atomic E-state index is 0.110. The Hall–Kier alpha value is -1.52. The molecule has 0 saturated heterocycles. The average Bonchev–Trinajstić information content (AvgIpc) is 2.40. The summed E-state index contributed by atoms with van der Waals surface area (Å²) in [6.07, 6.45) is 0. The van der Waals surface area contributed by atoms with Gasteiger partial charge in [-0.25, -0.2) is 0 Å². The van der Waals surface area contributed by atoms with Gasteiger partial charge < -0.3 is 10.1 Å². The second kappa shape index (κ2) is 6.77. The molecule has 0 heterocycles. The van der Waals surface area contributed by atoms with Gasteiger partial charge in [0.25, 0.3) is 0 Å². The van der Waals surface area contributed by atoms with Crippen molar-refractivity contribution < 1.29 is 13.5 Å². The number of ether oxygens (including phenoxy) is 1. The van der Waals surface area contributed by atoms with Gasteiger partial charge in [-0.15, -0.1) is 0 Å². The highest BCUT2D eigenvalue weighted by Crippen LogP contribution is 2.24. The molecule has 0 aliphatic carbocycles. The zero-order valence-electron chi connectivity index (χ0n) is 10.2. The van der Waals surface area contributed by atoms with Gasteiger partial charge in [-0.1, -0.05) is 35.3 Å². The van der Waals surface area contributed by atoms with E-state index in [-0.39, 0.29) is 5.75 Å². The summed E-state index contributed by atoms with van der Waals surface area (Å²) >= 11 is 11.7. The third-order valence-corrected chi connectivity index (χ3v) is 3.28. The number of anilines is 1. The lowest BCUT2D eigenvalue weighted by atomic mass is 10.2. The van der Waals surface area contributed by atoms with Crippen molar-refractivity contribution in [3.63, 3.8) is 0 Å². The molecule has 0 fully saturated rings. The molecule has 0 bridgehead atoms. The van der Waals surface area contributed by atoms with Gasteiger partial charge in [0, 0.05) is 18.3 Å². The highest BCUT2D eigenvalue weighted by molar-refractivity contribution is 6.42. The van der Waals surface area contributed by atoms with Crippen molar-refractivity contribution in [3.05, 3.63) is 58.1 Å². The molecule has 2 nitrogen and oxygen atoms in total. The molecule has 0 unspecified atom stereocenters. The lowest BCUT2D eigenvalue weighted by molar-refractivity contribution is -0.0498. The van der Waals surface area contributed by atoms with E-state index in [1.54, 1.807) is 24.3 Å². The molecule has 2 rings (SSSR count). The molecule has 0 spiro atoms. The Balaban J connectivity index is 2.01. The van der Waals surface area contributed by atoms with E-state index >= 15 is 0 Å². The largest absolute Gasteiger partial charge is 0.435 e. The summed E-state index contributed by atoms with van der Waals surface area (Å²) in [4.78, 5) is 0. The number of benzene rings is 2. The van der Waals surface area contributed by atoms with Gasteiger partial charge in [0.05, 0.1) is 10.0 Å². The standard InChI is InChI=1S/C14H11Cl2F2NO/c15-12-5-4-9(6-13(12)16)8-19-10-2-1-3-11(7-10)20-14(17)18/h1-7,14,19H,8H2. The van der Waals surface area contributed by atoms with Crippen molar-refractivity contribution in [1.82, 2.24) is 0 Å². The first-order valence-electron chi connectivity index (χ1n) is 5.77. The van der Waals surface area contributed by atoms with Crippen LogP contribution >= 0.6 is 23.2 Å². The van der Waals surface area contributed by atoms with E-state index in [1.807, 2.05) is 6.07 Å². The van der Waals surface area contributed by atoms with Crippen molar-refractivity contribution in [2.24, 2.45) is 0 Å². The summed E-state index contributed by atoms with van der Waals surface area (Å²) in [7, 11) is 0. The molecule has 20 heavy (non-hydrogen) atoms. The molecule has 0 saturated carbocycles. The summed E-state index contributed by atoms with van der Waals surface area (Å²) in [5, 5.41) is 4.06. The van der Waals surface area contributed by atoms with Crippen LogP contribution in [0.15, 0.2) is 42.5 Å². The van der Waals surface area contributed by atoms with Gasteiger partial charge in [-0.3, -0.25) is 0 Å². The van der Waals surface area contributed by atoms with E-state index in [9.17, 15) is 8.78 Å². The fourth-order valence-electron chi connectivity index (χ4n) is 1.64. The van der Waals surface area contributed by atoms with Crippen molar-refractivity contribution in [1.29, 1.82) is 0 Å². The number of nitrogens with one attached hydrogen (secondary N) is 1. The van der Waals surface area contributed by atoms with E-state index in [1.165, 1.54) is 12.1 Å². The predicted octanol–water partition coefficient (Wildman–Crippen LogP) is 5.21. The summed E-state index contributed by atoms with van der Waals surface area (Å²) < 4.78 is 28.6. The van der Waals surface area contributed by atoms with E-state index in [0.717, 1.165) is 5.56 Å². The Kier molecular flexibility index (Phi) is 5.04. The lowest BCUT2D eigenvalue weighted by Crippen LogP contribution is -2.03. The van der Waals surface area contributed by atoms with Crippen LogP contribution in [0.5, 0.6) is 5.75 Å². The summed E-state index contributed by atoms with van der Waals surface area (Å²) in [6, 6.07) is 11.7. The highest BCUT2D eigenvalue weighted by atomic mass is 35.5. The molecule has 0 aromatic heterocycles. The molecule has 2 aromatic carbocycles. The van der Waals surface area contributed by atoms with Gasteiger partial charge in [-0.05, 0) is 29.8 Å². The van der Waals surface area contributed by atoms with Gasteiger partial charge >= 0.3 is 6.61 Å². The minimum Gasteiger partial charge on any atom is -0.435 e. The zero-order chi connectivity index (χ0) is 14.5. The Labute approximate surface area is 125 Å². The molecule has 0 atom stereocenters. The SMILES string of the molecule is FC(F)Oc1cccc(NCc2ccc(Cl)c(Cl)c2)c1. The van der Waals surface area contributed by atoms with Gasteiger partial charge in [0.2, 0.25) is 0 Å². The van der Waals surface area contributed by atoms with Crippen LogP contribution in [0, 0.1) is 0 Å². The summed E-state index contributed by atoms with van der Waals surface area (Å²) in [5.41, 5.74) is 1.61. The first-order chi connectivity index (χ1) is 9.54. The monoisotopic (exact) mass is 317 g/mol. The van der Waals surface area contributed by atoms with Gasteiger partial charge in [0.15, 0.2) is 0 Å². The Morgan fingerprint density at radius 1 is 1.05 bits per heavy atom. The Bertz CT molecular complexity index is 593. The van der Waals surface area contributed by atoms with Crippen LogP contribution in [0.1, 0.15) is 5.56 Å². The van der Waals surface area contributed by atoms with Crippen molar-refractivity contribution in [2.45, 2.75) is 13.2 Å². The molecule has 106 valence electrons. The van der Waals surface area contributed by atoms with Gasteiger partial charge in [0.1, 0.15) is 5.75 Å². The van der Waals surface area contributed by atoms with Crippen LogP contribution in [-0.4, -0.2) is 6.61 Å². The lowest BCUT2D eigenvalue weighted by Gasteiger charge is -2.10. The van der Waals surface area contributed by atoms with Crippen LogP contribution in [0.2, 0.25) is 10.0 Å². The normalized spacial score (nSPS) is 10.7. The molecular formula is C14H11Cl2F2NO. The van der Waals surface area contributed by atoms with Crippen LogP contribution < -0.4 is 10.1 Å². The van der Waals surface area contributed by atoms with Crippen molar-refractivity contribution in [2.75, 3.05) is 5.32 Å². The number of alkyl halides is 2. The van der Waals surface area contributed by atoms with Crippen LogP contribution in [0.3, 0.4) is 0 Å². The van der Waals surface area contributed by atoms with Crippen molar-refractivity contribution in [3.8, 4) is 5.75 Å². The van der Waals surface area contributed by atoms with E-state index in [0.29, 0.717) is 22.3 Å². The summed E-state index contributed by atoms with van der Waals surface area (Å²) in [5.74, 6) is 0.110. The fraction of sp³-hybridized carbons (Fsp3) is 0.143. The molecule has 0 radical (unpaired) electrons. The third kappa shape index (κ3) is 4.25. The van der Waals surface area contributed by atoms with E-state index in [4.69, 9.17) is 23.2 Å². The Morgan fingerprint density at radius 3 is 2.55 bits per heavy atom. The average molecular weight is 318 g/mol. The maximum Gasteiger partial charge on any atom is 0.387 e. The molecule has 0 amide bonds. The predicted molar refractivity (Wildman–Crippen MR) is 76.9 cm³/mol. The molecular weight excluding hydrogens is 307 g/mol. The third-order valence-electron chi connectivity index (χ3n) is 2.54. The second-order valence-corrected chi connectivity index (χ2v) is 4.82. The van der Waals surface area contributed by atoms with E-state index in [2.05, 4.69) is 10.1 Å². The molecule has 6 heteroatoms. The molecule has 1 N–H and O–H groups in total. The van der Waals surface area contributed by atoms with Crippen LogP contribution in [0.25, 0.3) is 0 Å². The number of hydrogen-bond acceptors (Lipinski definition) is 2. The molecule has 0 aliphatic heterocycles. The summed E-state index contributed by atoms with van der Waals surface area (Å²) in [6.45, 7) is -2.34. The van der Waals surface area contributed by atoms with Crippen LogP contribution in [-0.2, 0) is 6.54 Å². The second-order valence-electron chi connectivity index (χ2n) is 4.01. The minimum atomic E-state index is -2.83. The smallest absolute Gasteiger partial charge is 0.387 e. The Morgan fingerprint density at radius 2 is 1.85 bits per heavy atom. The van der Waals surface area contributed by atoms with E-state index < -0.39 is 6.61 Å². The molecule has 0 aliphatic rings. The highest BCUT2D eigenvalue weighted by Gasteiger charge is 2.05. The first-order valence-corrected chi connectivity index (χ1v) is 6.53. The number of hydrogen-bond donors (Lipinski definition) is 1. The number of rotatable bonds is 5.